The number of halogens is 1. The van der Waals surface area contributed by atoms with Gasteiger partial charge in [0.25, 0.3) is 0 Å². The molecule has 2 aromatic rings. The fraction of sp³-hybridized carbons (Fsp3) is 0.167. The summed E-state index contributed by atoms with van der Waals surface area (Å²) in [7, 11) is 0. The predicted octanol–water partition coefficient (Wildman–Crippen LogP) is 3.10. The van der Waals surface area contributed by atoms with Crippen molar-refractivity contribution in [1.82, 2.24) is 5.32 Å². The summed E-state index contributed by atoms with van der Waals surface area (Å²) in [5.74, 6) is 0.165. The fourth-order valence-electron chi connectivity index (χ4n) is 1.47. The average Bonchev–Trinajstić information content (AvgIpc) is 2.68. The molecule has 0 atom stereocenters. The molecule has 0 bridgehead atoms. The highest BCUT2D eigenvalue weighted by Crippen LogP contribution is 2.23. The van der Waals surface area contributed by atoms with Crippen LogP contribution >= 0.6 is 22.9 Å². The number of rotatable bonds is 4. The Hall–Kier alpha value is -1.23. The predicted molar refractivity (Wildman–Crippen MR) is 69.6 cm³/mol. The Labute approximate surface area is 108 Å². The molecule has 0 radical (unpaired) electrons. The van der Waals surface area contributed by atoms with Crippen molar-refractivity contribution in [3.8, 4) is 11.5 Å². The molecule has 3 N–H and O–H groups in total. The number of aromatic hydroxyl groups is 2. The lowest BCUT2D eigenvalue weighted by Crippen LogP contribution is -2.11. The fourth-order valence-corrected chi connectivity index (χ4v) is 2.53. The summed E-state index contributed by atoms with van der Waals surface area (Å²) in [6.45, 7) is 1.25. The maximum absolute atomic E-state index is 9.57. The van der Waals surface area contributed by atoms with Crippen LogP contribution < -0.4 is 5.32 Å². The Kier molecular flexibility index (Phi) is 3.89. The lowest BCUT2D eigenvalue weighted by Gasteiger charge is -2.06. The molecule has 0 unspecified atom stereocenters. The van der Waals surface area contributed by atoms with E-state index < -0.39 is 0 Å². The van der Waals surface area contributed by atoms with E-state index in [0.717, 1.165) is 14.8 Å². The van der Waals surface area contributed by atoms with Crippen LogP contribution in [-0.4, -0.2) is 10.2 Å². The second-order valence-electron chi connectivity index (χ2n) is 3.62. The molecule has 0 saturated heterocycles. The molecule has 0 saturated carbocycles. The minimum atomic E-state index is 0.0660. The van der Waals surface area contributed by atoms with E-state index in [9.17, 15) is 5.11 Å². The van der Waals surface area contributed by atoms with Crippen LogP contribution in [0.5, 0.6) is 11.5 Å². The Morgan fingerprint density at radius 3 is 2.59 bits per heavy atom. The third kappa shape index (κ3) is 3.36. The van der Waals surface area contributed by atoms with Gasteiger partial charge in [-0.1, -0.05) is 17.7 Å². The Morgan fingerprint density at radius 2 is 1.94 bits per heavy atom. The van der Waals surface area contributed by atoms with E-state index in [4.69, 9.17) is 16.7 Å². The van der Waals surface area contributed by atoms with Gasteiger partial charge in [0.05, 0.1) is 4.34 Å². The van der Waals surface area contributed by atoms with Crippen LogP contribution in [0.3, 0.4) is 0 Å². The normalized spacial score (nSPS) is 10.6. The van der Waals surface area contributed by atoms with Gasteiger partial charge in [0.15, 0.2) is 0 Å². The maximum Gasteiger partial charge on any atom is 0.123 e. The zero-order chi connectivity index (χ0) is 12.3. The van der Waals surface area contributed by atoms with Crippen molar-refractivity contribution < 1.29 is 10.2 Å². The van der Waals surface area contributed by atoms with Crippen LogP contribution in [0.2, 0.25) is 4.34 Å². The van der Waals surface area contributed by atoms with Gasteiger partial charge in [0, 0.05) is 29.6 Å². The number of hydrogen-bond donors (Lipinski definition) is 3. The molecular weight excluding hydrogens is 258 g/mol. The molecule has 0 aliphatic carbocycles. The van der Waals surface area contributed by atoms with Gasteiger partial charge in [-0.05, 0) is 18.2 Å². The van der Waals surface area contributed by atoms with E-state index in [-0.39, 0.29) is 11.5 Å². The van der Waals surface area contributed by atoms with Gasteiger partial charge in [0.1, 0.15) is 11.5 Å². The first-order valence-electron chi connectivity index (χ1n) is 5.11. The third-order valence-electron chi connectivity index (χ3n) is 2.31. The van der Waals surface area contributed by atoms with Crippen LogP contribution in [0.25, 0.3) is 0 Å². The zero-order valence-corrected chi connectivity index (χ0v) is 10.6. The van der Waals surface area contributed by atoms with Crippen LogP contribution in [0.15, 0.2) is 30.3 Å². The van der Waals surface area contributed by atoms with Gasteiger partial charge in [-0.3, -0.25) is 0 Å². The van der Waals surface area contributed by atoms with Crippen molar-refractivity contribution in [2.24, 2.45) is 0 Å². The Bertz CT molecular complexity index is 513. The van der Waals surface area contributed by atoms with Crippen LogP contribution in [0.4, 0.5) is 0 Å². The van der Waals surface area contributed by atoms with Gasteiger partial charge in [0.2, 0.25) is 0 Å². The molecule has 1 aromatic heterocycles. The summed E-state index contributed by atoms with van der Waals surface area (Å²) in [4.78, 5) is 1.15. The van der Waals surface area contributed by atoms with Crippen molar-refractivity contribution in [2.75, 3.05) is 0 Å². The standard InChI is InChI=1S/C12H12ClNO2S/c13-12-4-3-10(17-12)7-14-6-8-1-2-9(15)5-11(8)16/h1-5,14-16H,6-7H2. The summed E-state index contributed by atoms with van der Waals surface area (Å²) >= 11 is 7.35. The first-order valence-corrected chi connectivity index (χ1v) is 6.30. The van der Waals surface area contributed by atoms with E-state index in [1.165, 1.54) is 17.4 Å². The van der Waals surface area contributed by atoms with E-state index in [1.807, 2.05) is 12.1 Å². The molecule has 17 heavy (non-hydrogen) atoms. The minimum absolute atomic E-state index is 0.0660. The lowest BCUT2D eigenvalue weighted by molar-refractivity contribution is 0.444. The van der Waals surface area contributed by atoms with Crippen molar-refractivity contribution in [3.05, 3.63) is 45.1 Å². The molecule has 2 rings (SSSR count). The van der Waals surface area contributed by atoms with E-state index >= 15 is 0 Å². The topological polar surface area (TPSA) is 52.5 Å². The van der Waals surface area contributed by atoms with Crippen LogP contribution in [0, 0.1) is 0 Å². The van der Waals surface area contributed by atoms with Gasteiger partial charge < -0.3 is 15.5 Å². The molecule has 0 aliphatic rings. The highest BCUT2D eigenvalue weighted by atomic mass is 35.5. The Morgan fingerprint density at radius 1 is 1.12 bits per heavy atom. The Balaban J connectivity index is 1.90. The van der Waals surface area contributed by atoms with Crippen LogP contribution in [0.1, 0.15) is 10.4 Å². The minimum Gasteiger partial charge on any atom is -0.508 e. The summed E-state index contributed by atoms with van der Waals surface area (Å²) in [6, 6.07) is 8.41. The van der Waals surface area contributed by atoms with Gasteiger partial charge in [-0.25, -0.2) is 0 Å². The number of nitrogens with one attached hydrogen (secondary N) is 1. The first kappa shape index (κ1) is 12.2. The molecule has 3 nitrogen and oxygen atoms in total. The van der Waals surface area contributed by atoms with Crippen LogP contribution in [-0.2, 0) is 13.1 Å². The summed E-state index contributed by atoms with van der Waals surface area (Å²) < 4.78 is 0.772. The van der Waals surface area contributed by atoms with Crippen molar-refractivity contribution in [3.63, 3.8) is 0 Å². The lowest BCUT2D eigenvalue weighted by atomic mass is 10.2. The summed E-state index contributed by atoms with van der Waals surface area (Å²) in [5, 5.41) is 21.9. The second-order valence-corrected chi connectivity index (χ2v) is 5.42. The van der Waals surface area contributed by atoms with E-state index in [2.05, 4.69) is 5.32 Å². The molecule has 90 valence electrons. The molecule has 0 aliphatic heterocycles. The maximum atomic E-state index is 9.57. The first-order chi connectivity index (χ1) is 8.15. The number of thiophene rings is 1. The SMILES string of the molecule is Oc1ccc(CNCc2ccc(Cl)s2)c(O)c1. The summed E-state index contributed by atoms with van der Waals surface area (Å²) in [6.07, 6.45) is 0. The number of hydrogen-bond acceptors (Lipinski definition) is 4. The molecule has 1 aromatic carbocycles. The van der Waals surface area contributed by atoms with Crippen molar-refractivity contribution in [2.45, 2.75) is 13.1 Å². The van der Waals surface area contributed by atoms with E-state index in [1.54, 1.807) is 12.1 Å². The van der Waals surface area contributed by atoms with E-state index in [0.29, 0.717) is 13.1 Å². The number of phenols is 2. The van der Waals surface area contributed by atoms with Gasteiger partial charge in [-0.15, -0.1) is 11.3 Å². The number of phenolic OH excluding ortho intramolecular Hbond substituents is 2. The van der Waals surface area contributed by atoms with Crippen molar-refractivity contribution in [1.29, 1.82) is 0 Å². The average molecular weight is 270 g/mol. The molecule has 0 fully saturated rings. The smallest absolute Gasteiger partial charge is 0.123 e. The third-order valence-corrected chi connectivity index (χ3v) is 3.54. The highest BCUT2D eigenvalue weighted by molar-refractivity contribution is 7.16. The quantitative estimate of drug-likeness (QED) is 0.799. The van der Waals surface area contributed by atoms with Gasteiger partial charge >= 0.3 is 0 Å². The largest absolute Gasteiger partial charge is 0.508 e. The zero-order valence-electron chi connectivity index (χ0n) is 8.98. The molecular formula is C12H12ClNO2S. The molecule has 5 heteroatoms. The number of benzene rings is 1. The van der Waals surface area contributed by atoms with Gasteiger partial charge in [-0.2, -0.15) is 0 Å². The molecule has 0 spiro atoms. The second kappa shape index (κ2) is 5.40. The van der Waals surface area contributed by atoms with Crippen molar-refractivity contribution >= 4 is 22.9 Å². The highest BCUT2D eigenvalue weighted by Gasteiger charge is 2.02. The molecule has 1 heterocycles. The monoisotopic (exact) mass is 269 g/mol. The molecule has 0 amide bonds. The summed E-state index contributed by atoms with van der Waals surface area (Å²) in [5.41, 5.74) is 0.755.